The Hall–Kier alpha value is -5.64. The number of halogens is 1. The molecule has 19 nitrogen and oxygen atoms in total. The summed E-state index contributed by atoms with van der Waals surface area (Å²) in [6.07, 6.45) is 0.859. The third-order valence-electron chi connectivity index (χ3n) is 9.12. The quantitative estimate of drug-likeness (QED) is 0.0520. The van der Waals surface area contributed by atoms with Crippen molar-refractivity contribution >= 4 is 74.7 Å². The number of ether oxygens (including phenoxy) is 4. The van der Waals surface area contributed by atoms with E-state index in [9.17, 15) is 24.3 Å². The molecule has 1 fully saturated rings. The van der Waals surface area contributed by atoms with E-state index in [1.807, 2.05) is 32.0 Å². The van der Waals surface area contributed by atoms with Gasteiger partial charge in [0.2, 0.25) is 11.8 Å². The van der Waals surface area contributed by atoms with Crippen LogP contribution < -0.4 is 36.6 Å². The summed E-state index contributed by atoms with van der Waals surface area (Å²) >= 11 is 7.48. The second-order valence-electron chi connectivity index (χ2n) is 13.4. The zero-order valence-corrected chi connectivity index (χ0v) is 35.3. The van der Waals surface area contributed by atoms with E-state index >= 15 is 0 Å². The molecule has 0 bridgehead atoms. The first kappa shape index (κ1) is 45.4. The topological polar surface area (TPSA) is 245 Å². The molecule has 4 amide bonds. The molecule has 2 aromatic heterocycles. The number of anilines is 5. The molecule has 1 atom stereocenters. The molecule has 4 aromatic rings. The van der Waals surface area contributed by atoms with Crippen LogP contribution in [0.1, 0.15) is 38.3 Å². The van der Waals surface area contributed by atoms with Gasteiger partial charge >= 0.3 is 0 Å². The molecule has 2 aromatic carbocycles. The Bertz CT molecular complexity index is 2110. The molecule has 60 heavy (non-hydrogen) atoms. The highest BCUT2D eigenvalue weighted by Crippen LogP contribution is 2.34. The average molecular weight is 869 g/mol. The molecular weight excluding hydrogens is 820 g/mol. The lowest BCUT2D eigenvalue weighted by Crippen LogP contribution is -2.48. The summed E-state index contributed by atoms with van der Waals surface area (Å²) in [5, 5.41) is 22.6. The molecule has 0 aliphatic carbocycles. The Kier molecular flexibility index (Phi) is 16.7. The minimum atomic E-state index is -0.907. The number of para-hydroxylation sites is 1. The largest absolute Gasteiger partial charge is 0.505 e. The number of benzene rings is 2. The van der Waals surface area contributed by atoms with Crippen LogP contribution in [0.25, 0.3) is 0 Å². The van der Waals surface area contributed by atoms with Crippen molar-refractivity contribution in [2.75, 3.05) is 100 Å². The molecule has 21 heteroatoms. The molecule has 1 aliphatic heterocycles. The fourth-order valence-corrected chi connectivity index (χ4v) is 6.96. The standard InChI is InChI=1S/C39H49ClN10O9S/c1-23-6-5-7-26(40)34(23)48-38(55)29-21-43-39(60-29)47-30-20-31(45-25(3)44-30)50-13-11-49(12-14-50)15-17-59-24(2)37(54)42-10-16-57-18-19-58-22-32(51)46-27-8-9-28(56-4)33(35(27)52)36(41)53/h5-9,20-21,24,52H,10-19,22H2,1-4H3,(H2,41,53)(H,42,54)(H,46,51)(H,48,55)(H,43,44,45,47). The van der Waals surface area contributed by atoms with Gasteiger partial charge in [-0.15, -0.1) is 0 Å². The van der Waals surface area contributed by atoms with E-state index in [-0.39, 0.29) is 61.8 Å². The van der Waals surface area contributed by atoms with Crippen molar-refractivity contribution in [3.63, 3.8) is 0 Å². The molecule has 0 spiro atoms. The van der Waals surface area contributed by atoms with Crippen molar-refractivity contribution in [1.82, 2.24) is 25.2 Å². The second-order valence-corrected chi connectivity index (χ2v) is 14.9. The third kappa shape index (κ3) is 12.9. The van der Waals surface area contributed by atoms with Crippen molar-refractivity contribution in [2.24, 2.45) is 5.73 Å². The van der Waals surface area contributed by atoms with E-state index in [0.717, 1.165) is 37.6 Å². The number of nitrogens with one attached hydrogen (secondary N) is 4. The van der Waals surface area contributed by atoms with Crippen LogP contribution in [0.2, 0.25) is 5.02 Å². The van der Waals surface area contributed by atoms with Crippen molar-refractivity contribution in [2.45, 2.75) is 26.9 Å². The normalized spacial score (nSPS) is 13.4. The number of rotatable bonds is 21. The van der Waals surface area contributed by atoms with Crippen LogP contribution in [0.3, 0.4) is 0 Å². The summed E-state index contributed by atoms with van der Waals surface area (Å²) in [5.74, 6) is -0.514. The maximum absolute atomic E-state index is 12.9. The van der Waals surface area contributed by atoms with Crippen LogP contribution in [-0.4, -0.2) is 134 Å². The molecule has 7 N–H and O–H groups in total. The van der Waals surface area contributed by atoms with Gasteiger partial charge < -0.3 is 56.0 Å². The number of nitrogens with zero attached hydrogens (tertiary/aromatic N) is 5. The van der Waals surface area contributed by atoms with Gasteiger partial charge in [-0.2, -0.15) is 0 Å². The van der Waals surface area contributed by atoms with Gasteiger partial charge in [-0.1, -0.05) is 35.1 Å². The van der Waals surface area contributed by atoms with Gasteiger partial charge in [-0.05, 0) is 44.5 Å². The van der Waals surface area contributed by atoms with E-state index in [1.165, 1.54) is 36.8 Å². The predicted molar refractivity (Wildman–Crippen MR) is 227 cm³/mol. The number of nitrogens with two attached hydrogens (primary N) is 1. The van der Waals surface area contributed by atoms with Gasteiger partial charge in [0.1, 0.15) is 46.4 Å². The number of aromatic nitrogens is 3. The summed E-state index contributed by atoms with van der Waals surface area (Å²) in [7, 11) is 1.32. The van der Waals surface area contributed by atoms with E-state index < -0.39 is 23.7 Å². The molecule has 322 valence electrons. The minimum Gasteiger partial charge on any atom is -0.505 e. The number of hydrogen-bond donors (Lipinski definition) is 6. The zero-order valence-electron chi connectivity index (χ0n) is 33.7. The third-order valence-corrected chi connectivity index (χ3v) is 10.3. The smallest absolute Gasteiger partial charge is 0.267 e. The number of phenols is 1. The van der Waals surface area contributed by atoms with Crippen LogP contribution in [-0.2, 0) is 23.8 Å². The Morgan fingerprint density at radius 2 is 1.77 bits per heavy atom. The van der Waals surface area contributed by atoms with Gasteiger partial charge in [-0.3, -0.25) is 24.1 Å². The number of aromatic hydroxyl groups is 1. The number of primary amides is 1. The Labute approximate surface area is 355 Å². The molecule has 0 saturated carbocycles. The van der Waals surface area contributed by atoms with E-state index in [4.69, 9.17) is 36.3 Å². The fourth-order valence-electron chi connectivity index (χ4n) is 5.97. The average Bonchev–Trinajstić information content (AvgIpc) is 3.69. The van der Waals surface area contributed by atoms with Crippen molar-refractivity contribution in [3.8, 4) is 11.5 Å². The highest BCUT2D eigenvalue weighted by atomic mass is 35.5. The Morgan fingerprint density at radius 3 is 2.50 bits per heavy atom. The van der Waals surface area contributed by atoms with E-state index in [1.54, 1.807) is 13.0 Å². The number of carbonyl (C=O) groups excluding carboxylic acids is 4. The number of piperazine rings is 1. The van der Waals surface area contributed by atoms with E-state index in [0.29, 0.717) is 45.5 Å². The lowest BCUT2D eigenvalue weighted by atomic mass is 10.1. The van der Waals surface area contributed by atoms with Gasteiger partial charge in [0.25, 0.3) is 11.8 Å². The number of carbonyl (C=O) groups is 4. The molecule has 5 rings (SSSR count). The second kappa shape index (κ2) is 22.1. The van der Waals surface area contributed by atoms with Crippen LogP contribution in [0, 0.1) is 13.8 Å². The number of thiazole rings is 1. The summed E-state index contributed by atoms with van der Waals surface area (Å²) in [6, 6.07) is 10.1. The highest BCUT2D eigenvalue weighted by Gasteiger charge is 2.22. The number of methoxy groups -OCH3 is 1. The molecule has 3 heterocycles. The minimum absolute atomic E-state index is 0.0136. The van der Waals surface area contributed by atoms with Crippen molar-refractivity contribution < 1.29 is 43.2 Å². The van der Waals surface area contributed by atoms with E-state index in [2.05, 4.69) is 46.0 Å². The molecular formula is C39H49ClN10O9S. The van der Waals surface area contributed by atoms with Crippen LogP contribution in [0.4, 0.5) is 28.1 Å². The van der Waals surface area contributed by atoms with Crippen LogP contribution in [0.5, 0.6) is 11.5 Å². The predicted octanol–water partition coefficient (Wildman–Crippen LogP) is 3.33. The summed E-state index contributed by atoms with van der Waals surface area (Å²) in [4.78, 5) is 67.7. The summed E-state index contributed by atoms with van der Waals surface area (Å²) in [5.41, 5.74) is 6.46. The lowest BCUT2D eigenvalue weighted by molar-refractivity contribution is -0.132. The first-order valence-corrected chi connectivity index (χ1v) is 20.2. The highest BCUT2D eigenvalue weighted by molar-refractivity contribution is 7.17. The first-order valence-electron chi connectivity index (χ1n) is 19.0. The number of aryl methyl sites for hydroxylation is 2. The Balaban J connectivity index is 0.928. The SMILES string of the molecule is COc1ccc(NC(=O)COCCOCCNC(=O)C(C)OCCN2CCN(c3cc(Nc4ncc(C(=O)Nc5c(C)cccc5Cl)s4)nc(C)n3)CC2)c(O)c1C(N)=O. The lowest BCUT2D eigenvalue weighted by Gasteiger charge is -2.35. The van der Waals surface area contributed by atoms with Gasteiger partial charge in [-0.25, -0.2) is 15.0 Å². The monoisotopic (exact) mass is 868 g/mol. The molecule has 0 radical (unpaired) electrons. The summed E-state index contributed by atoms with van der Waals surface area (Å²) in [6.45, 7) is 9.92. The maximum Gasteiger partial charge on any atom is 0.267 e. The zero-order chi connectivity index (χ0) is 43.2. The van der Waals surface area contributed by atoms with Gasteiger partial charge in [0.15, 0.2) is 10.9 Å². The molecule has 1 saturated heterocycles. The van der Waals surface area contributed by atoms with Gasteiger partial charge in [0.05, 0.1) is 56.1 Å². The molecule has 1 unspecified atom stereocenters. The Morgan fingerprint density at radius 1 is 1.00 bits per heavy atom. The van der Waals surface area contributed by atoms with Crippen LogP contribution in [0.15, 0.2) is 42.6 Å². The molecule has 1 aliphatic rings. The number of hydrogen-bond acceptors (Lipinski definition) is 16. The van der Waals surface area contributed by atoms with Crippen LogP contribution >= 0.6 is 22.9 Å². The van der Waals surface area contributed by atoms with Gasteiger partial charge in [0, 0.05) is 45.3 Å². The fraction of sp³-hybridized carbons (Fsp3) is 0.410. The first-order chi connectivity index (χ1) is 28.8. The number of amides is 4. The summed E-state index contributed by atoms with van der Waals surface area (Å²) < 4.78 is 21.6. The van der Waals surface area contributed by atoms with Crippen molar-refractivity contribution in [1.29, 1.82) is 0 Å². The van der Waals surface area contributed by atoms with Crippen molar-refractivity contribution in [3.05, 3.63) is 69.4 Å². The maximum atomic E-state index is 12.9.